The van der Waals surface area contributed by atoms with Crippen LogP contribution in [0.4, 0.5) is 0 Å². The molecular formula is C23H24O10. The molecule has 1 fully saturated rings. The lowest BCUT2D eigenvalue weighted by atomic mass is 9.97. The van der Waals surface area contributed by atoms with E-state index in [0.717, 1.165) is 38.7 Å². The maximum Gasteiger partial charge on any atom is 0.339 e. The number of methoxy groups -OCH3 is 1. The molecule has 10 heteroatoms. The smallest absolute Gasteiger partial charge is 0.339 e. The third-order valence-corrected chi connectivity index (χ3v) is 4.83. The molecule has 1 heterocycles. The van der Waals surface area contributed by atoms with Crippen molar-refractivity contribution in [2.45, 2.75) is 51.5 Å². The van der Waals surface area contributed by atoms with Gasteiger partial charge in [-0.25, -0.2) is 4.79 Å². The van der Waals surface area contributed by atoms with Gasteiger partial charge in [-0.15, -0.1) is 0 Å². The molecule has 5 atom stereocenters. The van der Waals surface area contributed by atoms with Crippen LogP contribution in [-0.4, -0.2) is 61.7 Å². The van der Waals surface area contributed by atoms with Gasteiger partial charge >= 0.3 is 23.9 Å². The van der Waals surface area contributed by atoms with E-state index in [4.69, 9.17) is 28.4 Å². The number of fused-ring (bicyclic) bond motifs is 1. The normalized spacial score (nSPS) is 24.4. The predicted molar refractivity (Wildman–Crippen MR) is 112 cm³/mol. The third-order valence-electron chi connectivity index (χ3n) is 4.83. The Morgan fingerprint density at radius 1 is 0.758 bits per heavy atom. The van der Waals surface area contributed by atoms with Gasteiger partial charge in [-0.1, -0.05) is 36.4 Å². The summed E-state index contributed by atoms with van der Waals surface area (Å²) in [7, 11) is 1.12. The van der Waals surface area contributed by atoms with Crippen LogP contribution in [0.25, 0.3) is 10.8 Å². The topological polar surface area (TPSA) is 124 Å². The molecule has 0 bridgehead atoms. The van der Waals surface area contributed by atoms with Crippen LogP contribution in [0.1, 0.15) is 20.8 Å². The van der Waals surface area contributed by atoms with Crippen molar-refractivity contribution in [3.8, 4) is 5.75 Å². The van der Waals surface area contributed by atoms with Crippen molar-refractivity contribution < 1.29 is 47.6 Å². The SMILES string of the molecule is COC(=O)[C@H]1O[C@H](Oc2cccc3ccccc23)[C@H](OC(C)=O)[C@H](OC(C)=O)[C@@H]1OC(C)=O. The van der Waals surface area contributed by atoms with Crippen LogP contribution in [0.2, 0.25) is 0 Å². The van der Waals surface area contributed by atoms with E-state index < -0.39 is 54.6 Å². The van der Waals surface area contributed by atoms with E-state index in [1.165, 1.54) is 0 Å². The van der Waals surface area contributed by atoms with E-state index in [9.17, 15) is 19.2 Å². The number of ether oxygens (including phenoxy) is 6. The first-order valence-electron chi connectivity index (χ1n) is 10.1. The fourth-order valence-electron chi connectivity index (χ4n) is 3.60. The Labute approximate surface area is 189 Å². The van der Waals surface area contributed by atoms with Gasteiger partial charge < -0.3 is 28.4 Å². The molecule has 0 amide bonds. The zero-order chi connectivity index (χ0) is 24.1. The van der Waals surface area contributed by atoms with E-state index in [1.54, 1.807) is 12.1 Å². The number of carbonyl (C=O) groups is 4. The van der Waals surface area contributed by atoms with Crippen LogP contribution >= 0.6 is 0 Å². The van der Waals surface area contributed by atoms with Gasteiger partial charge in [-0.05, 0) is 11.5 Å². The molecule has 0 saturated carbocycles. The zero-order valence-corrected chi connectivity index (χ0v) is 18.5. The van der Waals surface area contributed by atoms with Gasteiger partial charge in [-0.2, -0.15) is 0 Å². The van der Waals surface area contributed by atoms with Gasteiger partial charge in [0.25, 0.3) is 0 Å². The minimum atomic E-state index is -1.52. The number of benzene rings is 2. The highest BCUT2D eigenvalue weighted by molar-refractivity contribution is 5.88. The van der Waals surface area contributed by atoms with Crippen molar-refractivity contribution >= 4 is 34.6 Å². The molecule has 1 aliphatic rings. The summed E-state index contributed by atoms with van der Waals surface area (Å²) >= 11 is 0. The van der Waals surface area contributed by atoms with Gasteiger partial charge in [0.2, 0.25) is 12.4 Å². The van der Waals surface area contributed by atoms with Crippen LogP contribution in [-0.2, 0) is 42.9 Å². The van der Waals surface area contributed by atoms with Gasteiger partial charge in [0.1, 0.15) is 5.75 Å². The molecule has 0 aliphatic carbocycles. The average molecular weight is 460 g/mol. The molecule has 3 rings (SSSR count). The van der Waals surface area contributed by atoms with E-state index in [2.05, 4.69) is 0 Å². The van der Waals surface area contributed by atoms with Gasteiger partial charge in [0.15, 0.2) is 18.3 Å². The number of esters is 4. The highest BCUT2D eigenvalue weighted by Crippen LogP contribution is 2.33. The molecule has 0 N–H and O–H groups in total. The molecule has 0 radical (unpaired) electrons. The van der Waals surface area contributed by atoms with E-state index in [0.29, 0.717) is 5.75 Å². The Morgan fingerprint density at radius 3 is 1.97 bits per heavy atom. The second-order valence-corrected chi connectivity index (χ2v) is 7.27. The molecule has 0 unspecified atom stereocenters. The minimum absolute atomic E-state index is 0.367. The van der Waals surface area contributed by atoms with Crippen LogP contribution in [0.15, 0.2) is 42.5 Å². The molecule has 2 aromatic carbocycles. The van der Waals surface area contributed by atoms with Crippen molar-refractivity contribution in [3.63, 3.8) is 0 Å². The second-order valence-electron chi connectivity index (χ2n) is 7.27. The van der Waals surface area contributed by atoms with Crippen LogP contribution in [0.3, 0.4) is 0 Å². The fraction of sp³-hybridized carbons (Fsp3) is 0.391. The Hall–Kier alpha value is -3.66. The lowest BCUT2D eigenvalue weighted by Crippen LogP contribution is -2.64. The van der Waals surface area contributed by atoms with E-state index >= 15 is 0 Å². The van der Waals surface area contributed by atoms with Crippen LogP contribution in [0, 0.1) is 0 Å². The summed E-state index contributed by atoms with van der Waals surface area (Å²) in [4.78, 5) is 48.0. The van der Waals surface area contributed by atoms with E-state index in [1.807, 2.05) is 30.3 Å². The van der Waals surface area contributed by atoms with Crippen LogP contribution in [0.5, 0.6) is 5.75 Å². The Balaban J connectivity index is 2.07. The first-order chi connectivity index (χ1) is 15.7. The average Bonchev–Trinajstić information content (AvgIpc) is 2.76. The second kappa shape index (κ2) is 10.3. The Morgan fingerprint density at radius 2 is 1.33 bits per heavy atom. The molecule has 0 spiro atoms. The number of hydrogen-bond donors (Lipinski definition) is 0. The first-order valence-corrected chi connectivity index (χ1v) is 10.1. The Bertz CT molecular complexity index is 1040. The predicted octanol–water partition coefficient (Wildman–Crippen LogP) is 1.91. The van der Waals surface area contributed by atoms with E-state index in [-0.39, 0.29) is 0 Å². The molecule has 2 aromatic rings. The number of carbonyl (C=O) groups excluding carboxylic acids is 4. The van der Waals surface area contributed by atoms with Gasteiger partial charge in [0, 0.05) is 26.2 Å². The van der Waals surface area contributed by atoms with Crippen molar-refractivity contribution in [3.05, 3.63) is 42.5 Å². The summed E-state index contributed by atoms with van der Waals surface area (Å²) < 4.78 is 32.5. The van der Waals surface area contributed by atoms with Gasteiger partial charge in [0.05, 0.1) is 7.11 Å². The Kier molecular flexibility index (Phi) is 7.49. The summed E-state index contributed by atoms with van der Waals surface area (Å²) in [6.45, 7) is 3.38. The molecule has 10 nitrogen and oxygen atoms in total. The number of hydrogen-bond acceptors (Lipinski definition) is 10. The molecule has 1 saturated heterocycles. The summed E-state index contributed by atoms with van der Waals surface area (Å²) in [5.74, 6) is -2.80. The van der Waals surface area contributed by atoms with Crippen molar-refractivity contribution in [1.29, 1.82) is 0 Å². The van der Waals surface area contributed by atoms with Crippen molar-refractivity contribution in [1.82, 2.24) is 0 Å². The molecular weight excluding hydrogens is 436 g/mol. The third kappa shape index (κ3) is 5.58. The lowest BCUT2D eigenvalue weighted by molar-refractivity contribution is -0.282. The fourth-order valence-corrected chi connectivity index (χ4v) is 3.60. The first kappa shape index (κ1) is 24.0. The zero-order valence-electron chi connectivity index (χ0n) is 18.5. The maximum atomic E-state index is 12.5. The highest BCUT2D eigenvalue weighted by atomic mass is 16.7. The highest BCUT2D eigenvalue weighted by Gasteiger charge is 2.55. The molecule has 0 aromatic heterocycles. The maximum absolute atomic E-state index is 12.5. The summed E-state index contributed by atoms with van der Waals surface area (Å²) in [5, 5.41) is 1.60. The number of rotatable bonds is 6. The molecule has 33 heavy (non-hydrogen) atoms. The quantitative estimate of drug-likeness (QED) is 0.466. The van der Waals surface area contributed by atoms with Crippen molar-refractivity contribution in [2.24, 2.45) is 0 Å². The molecule has 176 valence electrons. The summed E-state index contributed by atoms with van der Waals surface area (Å²) in [6, 6.07) is 12.7. The molecule has 1 aliphatic heterocycles. The minimum Gasteiger partial charge on any atom is -0.467 e. The standard InChI is InChI=1S/C23H24O10/c1-12(24)29-18-19(30-13(2)25)21(31-14(3)26)23(33-20(18)22(27)28-4)32-17-11-7-9-15-8-5-6-10-16(15)17/h5-11,18-21,23H,1-4H3/t18-,19+,20-,21+,23-/m0/s1. The monoisotopic (exact) mass is 460 g/mol. The lowest BCUT2D eigenvalue weighted by Gasteiger charge is -2.43. The summed E-state index contributed by atoms with van der Waals surface area (Å²) in [5.41, 5.74) is 0. The summed E-state index contributed by atoms with van der Waals surface area (Å²) in [6.07, 6.45) is -7.14. The largest absolute Gasteiger partial charge is 0.467 e. The van der Waals surface area contributed by atoms with Gasteiger partial charge in [-0.3, -0.25) is 14.4 Å². The van der Waals surface area contributed by atoms with Crippen molar-refractivity contribution in [2.75, 3.05) is 7.11 Å². The van der Waals surface area contributed by atoms with Crippen LogP contribution < -0.4 is 4.74 Å².